The molecule has 1 aromatic heterocycles. The number of nitrogens with zero attached hydrogens (tertiary/aromatic N) is 3. The maximum Gasteiger partial charge on any atom is 0.360 e. The second kappa shape index (κ2) is 5.09. The molecule has 16 heavy (non-hydrogen) atoms. The second-order valence-electron chi connectivity index (χ2n) is 4.32. The third kappa shape index (κ3) is 2.59. The van der Waals surface area contributed by atoms with E-state index in [0.717, 1.165) is 6.54 Å². The van der Waals surface area contributed by atoms with Gasteiger partial charge in [-0.05, 0) is 18.8 Å². The number of rotatable bonds is 3. The van der Waals surface area contributed by atoms with Gasteiger partial charge >= 0.3 is 5.97 Å². The van der Waals surface area contributed by atoms with Gasteiger partial charge in [0.05, 0.1) is 13.3 Å². The molecule has 0 bridgehead atoms. The van der Waals surface area contributed by atoms with E-state index in [4.69, 9.17) is 0 Å². The van der Waals surface area contributed by atoms with Crippen LogP contribution in [0.2, 0.25) is 0 Å². The third-order valence-electron chi connectivity index (χ3n) is 3.10. The van der Waals surface area contributed by atoms with Crippen LogP contribution in [0.4, 0.5) is 0 Å². The van der Waals surface area contributed by atoms with Crippen LogP contribution in [0.1, 0.15) is 42.6 Å². The molecule has 0 saturated heterocycles. The number of esters is 1. The van der Waals surface area contributed by atoms with Crippen molar-refractivity contribution in [1.29, 1.82) is 0 Å². The van der Waals surface area contributed by atoms with Crippen molar-refractivity contribution in [1.82, 2.24) is 15.0 Å². The molecule has 1 aliphatic carbocycles. The smallest absolute Gasteiger partial charge is 0.360 e. The summed E-state index contributed by atoms with van der Waals surface area (Å²) < 4.78 is 6.34. The summed E-state index contributed by atoms with van der Waals surface area (Å²) in [6.07, 6.45) is 8.15. The van der Waals surface area contributed by atoms with Crippen LogP contribution in [0.5, 0.6) is 0 Å². The van der Waals surface area contributed by atoms with Crippen molar-refractivity contribution in [3.05, 3.63) is 11.9 Å². The summed E-state index contributed by atoms with van der Waals surface area (Å²) in [6, 6.07) is 0. The lowest BCUT2D eigenvalue weighted by Crippen LogP contribution is -2.14. The normalized spacial score (nSPS) is 17.3. The predicted molar refractivity (Wildman–Crippen MR) is 57.9 cm³/mol. The molecular formula is C11H17N3O2. The summed E-state index contributed by atoms with van der Waals surface area (Å²) in [5, 5.41) is 7.74. The number of carbonyl (C=O) groups excluding carboxylic acids is 1. The molecule has 1 fully saturated rings. The monoisotopic (exact) mass is 223 g/mol. The third-order valence-corrected chi connectivity index (χ3v) is 3.10. The lowest BCUT2D eigenvalue weighted by molar-refractivity contribution is 0.0594. The lowest BCUT2D eigenvalue weighted by atomic mass is 9.89. The summed E-state index contributed by atoms with van der Waals surface area (Å²) in [7, 11) is 1.35. The van der Waals surface area contributed by atoms with Crippen molar-refractivity contribution in [3.8, 4) is 0 Å². The maximum atomic E-state index is 11.2. The Kier molecular flexibility index (Phi) is 3.54. The van der Waals surface area contributed by atoms with E-state index in [2.05, 4.69) is 15.0 Å². The van der Waals surface area contributed by atoms with Crippen LogP contribution in [0.3, 0.4) is 0 Å². The number of hydrogen-bond donors (Lipinski definition) is 0. The van der Waals surface area contributed by atoms with E-state index in [1.54, 1.807) is 10.9 Å². The molecular weight excluding hydrogens is 206 g/mol. The van der Waals surface area contributed by atoms with Gasteiger partial charge in [-0.15, -0.1) is 5.10 Å². The Hall–Kier alpha value is -1.39. The van der Waals surface area contributed by atoms with Gasteiger partial charge in [0.25, 0.3) is 0 Å². The largest absolute Gasteiger partial charge is 0.464 e. The van der Waals surface area contributed by atoms with Crippen molar-refractivity contribution in [2.45, 2.75) is 38.6 Å². The van der Waals surface area contributed by atoms with Gasteiger partial charge in [0, 0.05) is 6.54 Å². The fourth-order valence-electron chi connectivity index (χ4n) is 2.22. The van der Waals surface area contributed by atoms with Gasteiger partial charge in [0.15, 0.2) is 5.69 Å². The summed E-state index contributed by atoms with van der Waals surface area (Å²) >= 11 is 0. The Morgan fingerprint density at radius 3 is 2.94 bits per heavy atom. The number of carbonyl (C=O) groups is 1. The number of ether oxygens (including phenoxy) is 1. The topological polar surface area (TPSA) is 57.0 Å². The van der Waals surface area contributed by atoms with Gasteiger partial charge in [-0.1, -0.05) is 24.5 Å². The molecule has 88 valence electrons. The SMILES string of the molecule is COC(=O)c1cn(CC2CCCCC2)nn1. The minimum absolute atomic E-state index is 0.290. The van der Waals surface area contributed by atoms with Gasteiger partial charge in [0.2, 0.25) is 0 Å². The van der Waals surface area contributed by atoms with Gasteiger partial charge in [-0.25, -0.2) is 4.79 Å². The number of methoxy groups -OCH3 is 1. The molecule has 0 N–H and O–H groups in total. The van der Waals surface area contributed by atoms with E-state index in [-0.39, 0.29) is 0 Å². The van der Waals surface area contributed by atoms with Crippen LogP contribution in [0, 0.1) is 5.92 Å². The van der Waals surface area contributed by atoms with Gasteiger partial charge in [0.1, 0.15) is 0 Å². The first kappa shape index (κ1) is 11.1. The molecule has 0 aliphatic heterocycles. The zero-order chi connectivity index (χ0) is 11.4. The average molecular weight is 223 g/mol. The Balaban J connectivity index is 1.94. The minimum Gasteiger partial charge on any atom is -0.464 e. The fraction of sp³-hybridized carbons (Fsp3) is 0.727. The van der Waals surface area contributed by atoms with Crippen LogP contribution >= 0.6 is 0 Å². The van der Waals surface area contributed by atoms with Gasteiger partial charge < -0.3 is 4.74 Å². The Morgan fingerprint density at radius 2 is 2.25 bits per heavy atom. The van der Waals surface area contributed by atoms with Crippen molar-refractivity contribution in [2.75, 3.05) is 7.11 Å². The van der Waals surface area contributed by atoms with Crippen molar-refractivity contribution < 1.29 is 9.53 Å². The highest BCUT2D eigenvalue weighted by Crippen LogP contribution is 2.24. The zero-order valence-corrected chi connectivity index (χ0v) is 9.56. The first-order valence-corrected chi connectivity index (χ1v) is 5.78. The van der Waals surface area contributed by atoms with Crippen molar-refractivity contribution in [3.63, 3.8) is 0 Å². The average Bonchev–Trinajstić information content (AvgIpc) is 2.78. The molecule has 5 heteroatoms. The van der Waals surface area contributed by atoms with Crippen molar-refractivity contribution in [2.24, 2.45) is 5.92 Å². The molecule has 1 aliphatic rings. The predicted octanol–water partition coefficient (Wildman–Crippen LogP) is 1.64. The number of aromatic nitrogens is 3. The summed E-state index contributed by atoms with van der Waals surface area (Å²) in [6.45, 7) is 0.865. The standard InChI is InChI=1S/C11H17N3O2/c1-16-11(15)10-8-14(13-12-10)7-9-5-3-2-4-6-9/h8-9H,2-7H2,1H3. The van der Waals surface area contributed by atoms with Crippen LogP contribution in [0.25, 0.3) is 0 Å². The highest BCUT2D eigenvalue weighted by Gasteiger charge is 2.16. The van der Waals surface area contributed by atoms with E-state index in [9.17, 15) is 4.79 Å². The number of hydrogen-bond acceptors (Lipinski definition) is 4. The molecule has 1 aromatic rings. The highest BCUT2D eigenvalue weighted by molar-refractivity contribution is 5.86. The lowest BCUT2D eigenvalue weighted by Gasteiger charge is -2.20. The summed E-state index contributed by atoms with van der Waals surface area (Å²) in [5.41, 5.74) is 0.290. The Labute approximate surface area is 94.8 Å². The van der Waals surface area contributed by atoms with Crippen molar-refractivity contribution >= 4 is 5.97 Å². The molecule has 5 nitrogen and oxygen atoms in total. The minimum atomic E-state index is -0.421. The van der Waals surface area contributed by atoms with E-state index in [0.29, 0.717) is 11.6 Å². The first-order chi connectivity index (χ1) is 7.79. The molecule has 0 amide bonds. The Morgan fingerprint density at radius 1 is 1.50 bits per heavy atom. The summed E-state index contributed by atoms with van der Waals surface area (Å²) in [4.78, 5) is 11.2. The van der Waals surface area contributed by atoms with E-state index < -0.39 is 5.97 Å². The molecule has 0 atom stereocenters. The fourth-order valence-corrected chi connectivity index (χ4v) is 2.22. The van der Waals surface area contributed by atoms with E-state index >= 15 is 0 Å². The quantitative estimate of drug-likeness (QED) is 0.731. The van der Waals surface area contributed by atoms with Crippen LogP contribution in [0.15, 0.2) is 6.20 Å². The van der Waals surface area contributed by atoms with Crippen LogP contribution < -0.4 is 0 Å². The molecule has 2 rings (SSSR count). The Bertz CT molecular complexity index is 356. The van der Waals surface area contributed by atoms with Crippen LogP contribution in [-0.4, -0.2) is 28.1 Å². The maximum absolute atomic E-state index is 11.2. The van der Waals surface area contributed by atoms with E-state index in [1.165, 1.54) is 39.2 Å². The second-order valence-corrected chi connectivity index (χ2v) is 4.32. The zero-order valence-electron chi connectivity index (χ0n) is 9.56. The molecule has 0 aromatic carbocycles. The van der Waals surface area contributed by atoms with Gasteiger partial charge in [-0.2, -0.15) is 0 Å². The molecule has 0 spiro atoms. The van der Waals surface area contributed by atoms with Crippen LogP contribution in [-0.2, 0) is 11.3 Å². The van der Waals surface area contributed by atoms with E-state index in [1.807, 2.05) is 0 Å². The molecule has 0 radical (unpaired) electrons. The molecule has 1 heterocycles. The van der Waals surface area contributed by atoms with Gasteiger partial charge in [-0.3, -0.25) is 4.68 Å². The highest BCUT2D eigenvalue weighted by atomic mass is 16.5. The molecule has 0 unspecified atom stereocenters. The molecule has 1 saturated carbocycles. The summed E-state index contributed by atoms with van der Waals surface area (Å²) in [5.74, 6) is 0.260. The first-order valence-electron chi connectivity index (χ1n) is 5.78.